The lowest BCUT2D eigenvalue weighted by Crippen LogP contribution is -2.27. The molecule has 3 rings (SSSR count). The minimum atomic E-state index is -0.0188. The Kier molecular flexibility index (Phi) is 5.71. The van der Waals surface area contributed by atoms with Gasteiger partial charge >= 0.3 is 0 Å². The molecule has 1 N–H and O–H groups in total. The van der Waals surface area contributed by atoms with Crippen LogP contribution in [0.4, 0.5) is 0 Å². The third-order valence-corrected chi connectivity index (χ3v) is 4.80. The maximum absolute atomic E-state index is 11.9. The van der Waals surface area contributed by atoms with Crippen molar-refractivity contribution in [3.05, 3.63) is 59.7 Å². The van der Waals surface area contributed by atoms with Gasteiger partial charge in [0, 0.05) is 32.0 Å². The Bertz CT molecular complexity index is 781. The van der Waals surface area contributed by atoms with Gasteiger partial charge in [-0.2, -0.15) is 0 Å². The molecule has 2 amide bonds. The average Bonchev–Trinajstić information content (AvgIpc) is 3.05. The molecule has 1 aliphatic rings. The van der Waals surface area contributed by atoms with E-state index >= 15 is 0 Å². The summed E-state index contributed by atoms with van der Waals surface area (Å²) in [7, 11) is 0. The zero-order chi connectivity index (χ0) is 18.5. The zero-order valence-electron chi connectivity index (χ0n) is 15.5. The van der Waals surface area contributed by atoms with Gasteiger partial charge in [0.05, 0.1) is 0 Å². The van der Waals surface area contributed by atoms with Gasteiger partial charge in [-0.15, -0.1) is 0 Å². The molecule has 0 aliphatic carbocycles. The first kappa shape index (κ1) is 18.2. The SMILES string of the molecule is CC(C)C(=O)NCc1ccccc1-c1ccc(CN2CCCC2=O)cc1. The third-order valence-electron chi connectivity index (χ3n) is 4.80. The second-order valence-corrected chi connectivity index (χ2v) is 7.15. The van der Waals surface area contributed by atoms with Crippen LogP contribution >= 0.6 is 0 Å². The van der Waals surface area contributed by atoms with E-state index in [9.17, 15) is 9.59 Å². The van der Waals surface area contributed by atoms with Crippen LogP contribution in [0.5, 0.6) is 0 Å². The number of hydrogen-bond acceptors (Lipinski definition) is 2. The first-order valence-corrected chi connectivity index (χ1v) is 9.27. The molecule has 1 aliphatic heterocycles. The van der Waals surface area contributed by atoms with E-state index in [1.165, 1.54) is 0 Å². The number of carbonyl (C=O) groups is 2. The van der Waals surface area contributed by atoms with Gasteiger partial charge in [0.2, 0.25) is 11.8 Å². The fourth-order valence-electron chi connectivity index (χ4n) is 3.22. The second-order valence-electron chi connectivity index (χ2n) is 7.15. The van der Waals surface area contributed by atoms with Gasteiger partial charge in [0.25, 0.3) is 0 Å². The molecule has 1 saturated heterocycles. The summed E-state index contributed by atoms with van der Waals surface area (Å²) in [5.74, 6) is 0.292. The fourth-order valence-corrected chi connectivity index (χ4v) is 3.22. The number of carbonyl (C=O) groups excluding carboxylic acids is 2. The van der Waals surface area contributed by atoms with Crippen molar-refractivity contribution >= 4 is 11.8 Å². The predicted molar refractivity (Wildman–Crippen MR) is 103 cm³/mol. The summed E-state index contributed by atoms with van der Waals surface area (Å²) >= 11 is 0. The highest BCUT2D eigenvalue weighted by molar-refractivity contribution is 5.79. The molecule has 0 unspecified atom stereocenters. The maximum atomic E-state index is 11.9. The van der Waals surface area contributed by atoms with Crippen LogP contribution in [-0.2, 0) is 22.7 Å². The summed E-state index contributed by atoms with van der Waals surface area (Å²) in [6, 6.07) is 16.5. The van der Waals surface area contributed by atoms with E-state index in [2.05, 4.69) is 35.6 Å². The minimum absolute atomic E-state index is 0.0188. The van der Waals surface area contributed by atoms with E-state index in [0.29, 0.717) is 19.5 Å². The summed E-state index contributed by atoms with van der Waals surface area (Å²) in [5.41, 5.74) is 4.50. The van der Waals surface area contributed by atoms with Crippen LogP contribution in [0.15, 0.2) is 48.5 Å². The van der Waals surface area contributed by atoms with E-state index in [0.717, 1.165) is 35.2 Å². The normalized spacial score (nSPS) is 14.1. The number of amides is 2. The van der Waals surface area contributed by atoms with Crippen molar-refractivity contribution in [2.24, 2.45) is 5.92 Å². The predicted octanol–water partition coefficient (Wildman–Crippen LogP) is 3.75. The molecule has 0 radical (unpaired) electrons. The van der Waals surface area contributed by atoms with Gasteiger partial charge in [-0.25, -0.2) is 0 Å². The van der Waals surface area contributed by atoms with Gasteiger partial charge in [-0.3, -0.25) is 9.59 Å². The van der Waals surface area contributed by atoms with Crippen LogP contribution in [0.25, 0.3) is 11.1 Å². The van der Waals surface area contributed by atoms with Gasteiger partial charge in [-0.05, 0) is 28.7 Å². The summed E-state index contributed by atoms with van der Waals surface area (Å²) in [5, 5.41) is 2.99. The molecular formula is C22H26N2O2. The minimum Gasteiger partial charge on any atom is -0.352 e. The number of nitrogens with zero attached hydrogens (tertiary/aromatic N) is 1. The summed E-state index contributed by atoms with van der Waals surface area (Å²) in [6.07, 6.45) is 1.64. The van der Waals surface area contributed by atoms with E-state index in [1.54, 1.807) is 0 Å². The van der Waals surface area contributed by atoms with Crippen molar-refractivity contribution in [2.75, 3.05) is 6.54 Å². The molecule has 0 saturated carbocycles. The second kappa shape index (κ2) is 8.17. The van der Waals surface area contributed by atoms with Crippen molar-refractivity contribution in [2.45, 2.75) is 39.8 Å². The van der Waals surface area contributed by atoms with Crippen molar-refractivity contribution in [3.8, 4) is 11.1 Å². The van der Waals surface area contributed by atoms with Gasteiger partial charge in [0.1, 0.15) is 0 Å². The first-order valence-electron chi connectivity index (χ1n) is 9.27. The highest BCUT2D eigenvalue weighted by Crippen LogP contribution is 2.25. The number of nitrogens with one attached hydrogen (secondary N) is 1. The summed E-state index contributed by atoms with van der Waals surface area (Å²) in [4.78, 5) is 25.6. The van der Waals surface area contributed by atoms with Crippen LogP contribution in [0.1, 0.15) is 37.8 Å². The summed E-state index contributed by atoms with van der Waals surface area (Å²) in [6.45, 7) is 5.86. The van der Waals surface area contributed by atoms with E-state index in [4.69, 9.17) is 0 Å². The van der Waals surface area contributed by atoms with Crippen molar-refractivity contribution < 1.29 is 9.59 Å². The van der Waals surface area contributed by atoms with Gasteiger partial charge < -0.3 is 10.2 Å². The zero-order valence-corrected chi connectivity index (χ0v) is 15.5. The Morgan fingerprint density at radius 3 is 2.50 bits per heavy atom. The molecular weight excluding hydrogens is 324 g/mol. The monoisotopic (exact) mass is 350 g/mol. The smallest absolute Gasteiger partial charge is 0.222 e. The van der Waals surface area contributed by atoms with E-state index in [1.807, 2.05) is 36.9 Å². The lowest BCUT2D eigenvalue weighted by atomic mass is 9.98. The molecule has 4 nitrogen and oxygen atoms in total. The van der Waals surface area contributed by atoms with E-state index in [-0.39, 0.29) is 17.7 Å². The molecule has 136 valence electrons. The van der Waals surface area contributed by atoms with Gasteiger partial charge in [0.15, 0.2) is 0 Å². The lowest BCUT2D eigenvalue weighted by molar-refractivity contribution is -0.128. The quantitative estimate of drug-likeness (QED) is 0.863. The van der Waals surface area contributed by atoms with Crippen LogP contribution < -0.4 is 5.32 Å². The molecule has 2 aromatic carbocycles. The Balaban J connectivity index is 1.72. The fraction of sp³-hybridized carbons (Fsp3) is 0.364. The molecule has 0 atom stereocenters. The molecule has 4 heteroatoms. The Labute approximate surface area is 155 Å². The largest absolute Gasteiger partial charge is 0.352 e. The van der Waals surface area contributed by atoms with Crippen molar-refractivity contribution in [1.29, 1.82) is 0 Å². The molecule has 26 heavy (non-hydrogen) atoms. The lowest BCUT2D eigenvalue weighted by Gasteiger charge is -2.16. The Morgan fingerprint density at radius 1 is 1.12 bits per heavy atom. The van der Waals surface area contributed by atoms with Crippen LogP contribution in [0.3, 0.4) is 0 Å². The summed E-state index contributed by atoms with van der Waals surface area (Å²) < 4.78 is 0. The molecule has 1 fully saturated rings. The number of benzene rings is 2. The van der Waals surface area contributed by atoms with Crippen molar-refractivity contribution in [1.82, 2.24) is 10.2 Å². The average molecular weight is 350 g/mol. The molecule has 0 bridgehead atoms. The number of rotatable bonds is 6. The topological polar surface area (TPSA) is 49.4 Å². The maximum Gasteiger partial charge on any atom is 0.222 e. The number of hydrogen-bond donors (Lipinski definition) is 1. The first-order chi connectivity index (χ1) is 12.5. The molecule has 2 aromatic rings. The van der Waals surface area contributed by atoms with Crippen LogP contribution in [0, 0.1) is 5.92 Å². The highest BCUT2D eigenvalue weighted by atomic mass is 16.2. The standard InChI is InChI=1S/C22H26N2O2/c1-16(2)22(26)23-14-19-6-3-4-7-20(19)18-11-9-17(10-12-18)15-24-13-5-8-21(24)25/h3-4,6-7,9-12,16H,5,8,13-15H2,1-2H3,(H,23,26). The Morgan fingerprint density at radius 2 is 1.85 bits per heavy atom. The van der Waals surface area contributed by atoms with Crippen LogP contribution in [0.2, 0.25) is 0 Å². The van der Waals surface area contributed by atoms with E-state index < -0.39 is 0 Å². The highest BCUT2D eigenvalue weighted by Gasteiger charge is 2.19. The number of likely N-dealkylation sites (tertiary alicyclic amines) is 1. The molecule has 0 spiro atoms. The molecule has 0 aromatic heterocycles. The van der Waals surface area contributed by atoms with Crippen molar-refractivity contribution in [3.63, 3.8) is 0 Å². The third kappa shape index (κ3) is 4.31. The van der Waals surface area contributed by atoms with Crippen LogP contribution in [-0.4, -0.2) is 23.3 Å². The Hall–Kier alpha value is -2.62. The van der Waals surface area contributed by atoms with Gasteiger partial charge in [-0.1, -0.05) is 62.4 Å². The molecule has 1 heterocycles.